The van der Waals surface area contributed by atoms with Gasteiger partial charge in [-0.25, -0.2) is 13.2 Å². The maximum absolute atomic E-state index is 12.4. The molecule has 0 radical (unpaired) electrons. The molecule has 0 spiro atoms. The van der Waals surface area contributed by atoms with Crippen molar-refractivity contribution in [1.29, 1.82) is 0 Å². The average Bonchev–Trinajstić information content (AvgIpc) is 2.58. The van der Waals surface area contributed by atoms with Gasteiger partial charge in [-0.1, -0.05) is 25.4 Å². The Morgan fingerprint density at radius 2 is 1.70 bits per heavy atom. The van der Waals surface area contributed by atoms with Gasteiger partial charge in [-0.15, -0.1) is 0 Å². The van der Waals surface area contributed by atoms with Crippen LogP contribution in [0.25, 0.3) is 0 Å². The van der Waals surface area contributed by atoms with Crippen molar-refractivity contribution in [2.24, 2.45) is 5.92 Å². The molecule has 0 aliphatic rings. The summed E-state index contributed by atoms with van der Waals surface area (Å²) >= 11 is 5.73. The van der Waals surface area contributed by atoms with Crippen molar-refractivity contribution in [3.05, 3.63) is 29.3 Å². The van der Waals surface area contributed by atoms with Gasteiger partial charge < -0.3 is 9.47 Å². The number of amides is 2. The quantitative estimate of drug-likeness (QED) is 0.609. The van der Waals surface area contributed by atoms with E-state index in [4.69, 9.17) is 16.3 Å². The highest BCUT2D eigenvalue weighted by atomic mass is 35.5. The van der Waals surface area contributed by atoms with Crippen LogP contribution in [-0.4, -0.2) is 45.6 Å². The smallest absolute Gasteiger partial charge is 0.413 e. The van der Waals surface area contributed by atoms with Crippen molar-refractivity contribution in [3.63, 3.8) is 0 Å². The van der Waals surface area contributed by atoms with Crippen LogP contribution in [0.1, 0.15) is 20.8 Å². The second kappa shape index (κ2) is 10.2. The van der Waals surface area contributed by atoms with Crippen molar-refractivity contribution in [1.82, 2.24) is 10.0 Å². The van der Waals surface area contributed by atoms with Gasteiger partial charge in [-0.3, -0.25) is 14.9 Å². The number of hydrogen-bond donors (Lipinski definition) is 2. The lowest BCUT2D eigenvalue weighted by atomic mass is 10.1. The Morgan fingerprint density at radius 1 is 1.11 bits per heavy atom. The molecule has 0 aliphatic heterocycles. The fraction of sp³-hybridized carbons (Fsp3) is 0.438. The van der Waals surface area contributed by atoms with Crippen molar-refractivity contribution >= 4 is 39.6 Å². The lowest BCUT2D eigenvalue weighted by Crippen LogP contribution is -2.46. The van der Waals surface area contributed by atoms with Crippen molar-refractivity contribution in [2.75, 3.05) is 13.2 Å². The minimum Gasteiger partial charge on any atom is -0.454 e. The molecule has 0 fully saturated rings. The topological polar surface area (TPSA) is 128 Å². The second-order valence-electron chi connectivity index (χ2n) is 5.67. The van der Waals surface area contributed by atoms with E-state index in [1.165, 1.54) is 24.3 Å². The van der Waals surface area contributed by atoms with Crippen LogP contribution in [-0.2, 0) is 29.1 Å². The highest BCUT2D eigenvalue weighted by Gasteiger charge is 2.30. The SMILES string of the molecule is CCOC(=O)NC(=O)COC(=O)C(NS(=O)(=O)c1ccc(Cl)cc1)C(C)C. The zero-order valence-electron chi connectivity index (χ0n) is 15.0. The van der Waals surface area contributed by atoms with E-state index in [-0.39, 0.29) is 11.5 Å². The van der Waals surface area contributed by atoms with Crippen LogP contribution < -0.4 is 10.0 Å². The number of halogens is 1. The van der Waals surface area contributed by atoms with Gasteiger partial charge in [0.15, 0.2) is 6.61 Å². The number of imide groups is 1. The minimum atomic E-state index is -4.02. The van der Waals surface area contributed by atoms with Gasteiger partial charge in [0.25, 0.3) is 5.91 Å². The number of carbonyl (C=O) groups excluding carboxylic acids is 3. The van der Waals surface area contributed by atoms with Crippen LogP contribution in [0.2, 0.25) is 5.02 Å². The van der Waals surface area contributed by atoms with E-state index in [0.717, 1.165) is 0 Å². The predicted octanol–water partition coefficient (Wildman–Crippen LogP) is 1.46. The molecular formula is C16H21ClN2O7S. The molecule has 27 heavy (non-hydrogen) atoms. The van der Waals surface area contributed by atoms with E-state index in [1.807, 2.05) is 5.32 Å². The third-order valence-corrected chi connectivity index (χ3v) is 4.90. The van der Waals surface area contributed by atoms with Crippen LogP contribution in [0.3, 0.4) is 0 Å². The first-order valence-corrected chi connectivity index (χ1v) is 9.84. The molecule has 150 valence electrons. The fourth-order valence-electron chi connectivity index (χ4n) is 1.85. The molecule has 2 amide bonds. The fourth-order valence-corrected chi connectivity index (χ4v) is 3.31. The number of carbonyl (C=O) groups is 3. The summed E-state index contributed by atoms with van der Waals surface area (Å²) in [6.45, 7) is 4.08. The molecule has 0 bridgehead atoms. The van der Waals surface area contributed by atoms with Crippen molar-refractivity contribution in [3.8, 4) is 0 Å². The zero-order valence-corrected chi connectivity index (χ0v) is 16.6. The number of sulfonamides is 1. The normalized spacial score (nSPS) is 12.3. The zero-order chi connectivity index (χ0) is 20.6. The van der Waals surface area contributed by atoms with E-state index >= 15 is 0 Å². The van der Waals surface area contributed by atoms with Gasteiger partial charge in [-0.2, -0.15) is 4.72 Å². The van der Waals surface area contributed by atoms with Crippen molar-refractivity contribution in [2.45, 2.75) is 31.7 Å². The van der Waals surface area contributed by atoms with Crippen LogP contribution in [0.15, 0.2) is 29.2 Å². The first-order valence-electron chi connectivity index (χ1n) is 7.98. The number of benzene rings is 1. The summed E-state index contributed by atoms with van der Waals surface area (Å²) in [5.41, 5.74) is 0. The summed E-state index contributed by atoms with van der Waals surface area (Å²) in [7, 11) is -4.02. The third kappa shape index (κ3) is 7.53. The molecule has 1 aromatic rings. The molecule has 9 nitrogen and oxygen atoms in total. The Labute approximate surface area is 162 Å². The summed E-state index contributed by atoms with van der Waals surface area (Å²) < 4.78 is 36.4. The second-order valence-corrected chi connectivity index (χ2v) is 7.82. The first-order chi connectivity index (χ1) is 12.6. The number of esters is 1. The maximum Gasteiger partial charge on any atom is 0.413 e. The Balaban J connectivity index is 2.74. The number of rotatable bonds is 8. The molecule has 1 aromatic carbocycles. The van der Waals surface area contributed by atoms with E-state index in [2.05, 4.69) is 9.46 Å². The molecule has 1 atom stereocenters. The number of nitrogens with one attached hydrogen (secondary N) is 2. The monoisotopic (exact) mass is 420 g/mol. The van der Waals surface area contributed by atoms with E-state index in [9.17, 15) is 22.8 Å². The van der Waals surface area contributed by atoms with E-state index < -0.39 is 46.6 Å². The maximum atomic E-state index is 12.4. The molecule has 11 heteroatoms. The van der Waals surface area contributed by atoms with Gasteiger partial charge in [-0.05, 0) is 37.1 Å². The first kappa shape index (κ1) is 22.9. The molecule has 1 unspecified atom stereocenters. The Bertz CT molecular complexity index is 778. The lowest BCUT2D eigenvalue weighted by molar-refractivity contribution is -0.151. The highest BCUT2D eigenvalue weighted by molar-refractivity contribution is 7.89. The van der Waals surface area contributed by atoms with Gasteiger partial charge >= 0.3 is 12.1 Å². The predicted molar refractivity (Wildman–Crippen MR) is 96.5 cm³/mol. The lowest BCUT2D eigenvalue weighted by Gasteiger charge is -2.20. The molecule has 0 saturated carbocycles. The molecule has 0 aliphatic carbocycles. The van der Waals surface area contributed by atoms with Gasteiger partial charge in [0.2, 0.25) is 10.0 Å². The number of ether oxygens (including phenoxy) is 2. The van der Waals surface area contributed by atoms with Gasteiger partial charge in [0.05, 0.1) is 11.5 Å². The third-order valence-electron chi connectivity index (χ3n) is 3.19. The average molecular weight is 421 g/mol. The summed E-state index contributed by atoms with van der Waals surface area (Å²) in [6, 6.07) is 4.15. The van der Waals surface area contributed by atoms with Gasteiger partial charge in [0.1, 0.15) is 6.04 Å². The standard InChI is InChI=1S/C16H21ClN2O7S/c1-4-25-16(22)18-13(20)9-26-15(21)14(10(2)3)19-27(23,24)12-7-5-11(17)6-8-12/h5-8,10,14,19H,4,9H2,1-3H3,(H,18,20,22). The Hall–Kier alpha value is -2.17. The molecular weight excluding hydrogens is 400 g/mol. The van der Waals surface area contributed by atoms with E-state index in [1.54, 1.807) is 20.8 Å². The largest absolute Gasteiger partial charge is 0.454 e. The number of alkyl carbamates (subject to hydrolysis) is 1. The molecule has 2 N–H and O–H groups in total. The van der Waals surface area contributed by atoms with Crippen LogP contribution >= 0.6 is 11.6 Å². The van der Waals surface area contributed by atoms with Gasteiger partial charge in [0, 0.05) is 5.02 Å². The molecule has 1 rings (SSSR count). The summed E-state index contributed by atoms with van der Waals surface area (Å²) in [6.07, 6.45) is -0.970. The summed E-state index contributed by atoms with van der Waals surface area (Å²) in [5.74, 6) is -2.32. The van der Waals surface area contributed by atoms with Crippen molar-refractivity contribution < 1.29 is 32.3 Å². The number of hydrogen-bond acceptors (Lipinski definition) is 7. The Kier molecular flexibility index (Phi) is 8.67. The minimum absolute atomic E-state index is 0.0702. The summed E-state index contributed by atoms with van der Waals surface area (Å²) in [4.78, 5) is 34.8. The molecule has 0 saturated heterocycles. The highest BCUT2D eigenvalue weighted by Crippen LogP contribution is 2.16. The van der Waals surface area contributed by atoms with Crippen LogP contribution in [0.5, 0.6) is 0 Å². The molecule has 0 heterocycles. The van der Waals surface area contributed by atoms with E-state index in [0.29, 0.717) is 5.02 Å². The summed E-state index contributed by atoms with van der Waals surface area (Å²) in [5, 5.41) is 2.22. The van der Waals surface area contributed by atoms with Crippen LogP contribution in [0.4, 0.5) is 4.79 Å². The Morgan fingerprint density at radius 3 is 2.22 bits per heavy atom. The molecule has 0 aromatic heterocycles. The van der Waals surface area contributed by atoms with Crippen LogP contribution in [0, 0.1) is 5.92 Å².